The Morgan fingerprint density at radius 2 is 1.57 bits per heavy atom. The number of carboxylic acid groups (broad SMARTS) is 1. The van der Waals surface area contributed by atoms with Crippen molar-refractivity contribution < 1.29 is 9.90 Å². The maximum absolute atomic E-state index is 10.8. The van der Waals surface area contributed by atoms with Crippen LogP contribution in [0.1, 0.15) is 25.8 Å². The number of rotatable bonds is 3. The summed E-state index contributed by atoms with van der Waals surface area (Å²) in [5.74, 6) is 5.27. The topological polar surface area (TPSA) is 37.3 Å². The average Bonchev–Trinajstić information content (AvgIpc) is 2.45. The Hall–Kier alpha value is -2.53. The number of hydrogen-bond acceptors (Lipinski definition) is 1. The van der Waals surface area contributed by atoms with E-state index in [4.69, 9.17) is 5.11 Å². The summed E-state index contributed by atoms with van der Waals surface area (Å²) in [7, 11) is 0. The van der Waals surface area contributed by atoms with Gasteiger partial charge in [0.15, 0.2) is 0 Å². The summed E-state index contributed by atoms with van der Waals surface area (Å²) in [6.07, 6.45) is 0.0437. The SMILES string of the molecule is CC(C)(C#Cc1ccc(-c2ccccc2)cc1)CC(=O)O. The molecule has 0 aliphatic rings. The van der Waals surface area contributed by atoms with E-state index in [1.807, 2.05) is 56.3 Å². The van der Waals surface area contributed by atoms with Gasteiger partial charge in [0.2, 0.25) is 0 Å². The molecule has 2 rings (SSSR count). The Kier molecular flexibility index (Phi) is 4.45. The normalized spacial score (nSPS) is 10.6. The summed E-state index contributed by atoms with van der Waals surface area (Å²) >= 11 is 0. The molecule has 0 aliphatic heterocycles. The quantitative estimate of drug-likeness (QED) is 0.854. The van der Waals surface area contributed by atoms with Gasteiger partial charge in [-0.3, -0.25) is 4.79 Å². The lowest BCUT2D eigenvalue weighted by atomic mass is 9.90. The van der Waals surface area contributed by atoms with E-state index in [0.29, 0.717) is 0 Å². The van der Waals surface area contributed by atoms with Crippen molar-refractivity contribution in [3.63, 3.8) is 0 Å². The zero-order chi connectivity index (χ0) is 15.3. The lowest BCUT2D eigenvalue weighted by molar-refractivity contribution is -0.138. The molecule has 0 heterocycles. The van der Waals surface area contributed by atoms with Crippen molar-refractivity contribution in [2.24, 2.45) is 5.41 Å². The van der Waals surface area contributed by atoms with Gasteiger partial charge >= 0.3 is 5.97 Å². The van der Waals surface area contributed by atoms with E-state index in [0.717, 1.165) is 11.1 Å². The zero-order valence-electron chi connectivity index (χ0n) is 12.3. The van der Waals surface area contributed by atoms with Gasteiger partial charge in [-0.15, -0.1) is 0 Å². The van der Waals surface area contributed by atoms with Crippen LogP contribution >= 0.6 is 0 Å². The monoisotopic (exact) mass is 278 g/mol. The molecule has 0 saturated carbocycles. The molecule has 2 aromatic carbocycles. The number of carboxylic acids is 1. The molecule has 2 aromatic rings. The van der Waals surface area contributed by atoms with Gasteiger partial charge in [-0.2, -0.15) is 0 Å². The fourth-order valence-corrected chi connectivity index (χ4v) is 2.04. The van der Waals surface area contributed by atoms with Gasteiger partial charge in [0.1, 0.15) is 0 Å². The highest BCUT2D eigenvalue weighted by molar-refractivity contribution is 5.68. The number of aliphatic carboxylic acids is 1. The van der Waals surface area contributed by atoms with E-state index in [1.165, 1.54) is 5.56 Å². The Labute approximate surface area is 125 Å². The molecule has 1 N–H and O–H groups in total. The van der Waals surface area contributed by atoms with Gasteiger partial charge < -0.3 is 5.11 Å². The fourth-order valence-electron chi connectivity index (χ4n) is 2.04. The Balaban J connectivity index is 2.16. The maximum atomic E-state index is 10.8. The number of carbonyl (C=O) groups is 1. The van der Waals surface area contributed by atoms with Crippen LogP contribution < -0.4 is 0 Å². The van der Waals surface area contributed by atoms with Crippen LogP contribution in [0.15, 0.2) is 54.6 Å². The van der Waals surface area contributed by atoms with Crippen LogP contribution in [0, 0.1) is 17.3 Å². The first kappa shape index (κ1) is 14.9. The smallest absolute Gasteiger partial charge is 0.304 e. The molecule has 0 aromatic heterocycles. The van der Waals surface area contributed by atoms with Crippen LogP contribution in [0.25, 0.3) is 11.1 Å². The van der Waals surface area contributed by atoms with Gasteiger partial charge in [-0.25, -0.2) is 0 Å². The highest BCUT2D eigenvalue weighted by Crippen LogP contribution is 2.21. The summed E-state index contributed by atoms with van der Waals surface area (Å²) < 4.78 is 0. The lowest BCUT2D eigenvalue weighted by Gasteiger charge is -2.13. The minimum absolute atomic E-state index is 0.0437. The third-order valence-electron chi connectivity index (χ3n) is 3.13. The highest BCUT2D eigenvalue weighted by atomic mass is 16.4. The molecule has 0 fully saturated rings. The zero-order valence-corrected chi connectivity index (χ0v) is 12.3. The molecule has 0 amide bonds. The molecule has 2 nitrogen and oxygen atoms in total. The predicted octanol–water partition coefficient (Wildman–Crippen LogP) is 4.21. The van der Waals surface area contributed by atoms with E-state index in [1.54, 1.807) is 0 Å². The molecule has 21 heavy (non-hydrogen) atoms. The third-order valence-corrected chi connectivity index (χ3v) is 3.13. The molecule has 2 heteroatoms. The molecule has 0 bridgehead atoms. The van der Waals surface area contributed by atoms with Gasteiger partial charge in [-0.1, -0.05) is 54.3 Å². The second-order valence-corrected chi connectivity index (χ2v) is 5.65. The van der Waals surface area contributed by atoms with E-state index in [9.17, 15) is 4.79 Å². The van der Waals surface area contributed by atoms with E-state index in [2.05, 4.69) is 24.0 Å². The maximum Gasteiger partial charge on any atom is 0.304 e. The third kappa shape index (κ3) is 4.50. The second-order valence-electron chi connectivity index (χ2n) is 5.65. The minimum atomic E-state index is -0.825. The summed E-state index contributed by atoms with van der Waals surface area (Å²) in [6, 6.07) is 18.1. The van der Waals surface area contributed by atoms with Crippen molar-refractivity contribution in [3.8, 4) is 23.0 Å². The van der Waals surface area contributed by atoms with E-state index < -0.39 is 11.4 Å². The first-order valence-electron chi connectivity index (χ1n) is 6.87. The van der Waals surface area contributed by atoms with Crippen LogP contribution in [0.2, 0.25) is 0 Å². The summed E-state index contributed by atoms with van der Waals surface area (Å²) in [5, 5.41) is 8.84. The van der Waals surface area contributed by atoms with Crippen molar-refractivity contribution in [1.29, 1.82) is 0 Å². The van der Waals surface area contributed by atoms with Gasteiger partial charge in [0, 0.05) is 11.0 Å². The molecular weight excluding hydrogens is 260 g/mol. The summed E-state index contributed by atoms with van der Waals surface area (Å²) in [5.41, 5.74) is 2.69. The molecule has 0 aliphatic carbocycles. The molecule has 106 valence electrons. The first-order chi connectivity index (χ1) is 9.96. The van der Waals surface area contributed by atoms with E-state index in [-0.39, 0.29) is 6.42 Å². The number of hydrogen-bond donors (Lipinski definition) is 1. The lowest BCUT2D eigenvalue weighted by Crippen LogP contribution is -2.14. The molecule has 0 saturated heterocycles. The Bertz CT molecular complexity index is 671. The van der Waals surface area contributed by atoms with Gasteiger partial charge in [0.05, 0.1) is 6.42 Å². The average molecular weight is 278 g/mol. The Morgan fingerprint density at radius 3 is 2.14 bits per heavy atom. The Morgan fingerprint density at radius 1 is 1.00 bits per heavy atom. The summed E-state index contributed by atoms with van der Waals surface area (Å²) in [6.45, 7) is 3.68. The molecule has 0 atom stereocenters. The van der Waals surface area contributed by atoms with Crippen molar-refractivity contribution >= 4 is 5.97 Å². The van der Waals surface area contributed by atoms with Crippen molar-refractivity contribution in [2.45, 2.75) is 20.3 Å². The van der Waals surface area contributed by atoms with Crippen LogP contribution in [-0.2, 0) is 4.79 Å². The first-order valence-corrected chi connectivity index (χ1v) is 6.87. The van der Waals surface area contributed by atoms with E-state index >= 15 is 0 Å². The van der Waals surface area contributed by atoms with Crippen LogP contribution in [-0.4, -0.2) is 11.1 Å². The van der Waals surface area contributed by atoms with Crippen molar-refractivity contribution in [1.82, 2.24) is 0 Å². The van der Waals surface area contributed by atoms with Gasteiger partial charge in [0.25, 0.3) is 0 Å². The largest absolute Gasteiger partial charge is 0.481 e. The highest BCUT2D eigenvalue weighted by Gasteiger charge is 2.18. The summed E-state index contributed by atoms with van der Waals surface area (Å²) in [4.78, 5) is 10.8. The predicted molar refractivity (Wildman–Crippen MR) is 84.8 cm³/mol. The minimum Gasteiger partial charge on any atom is -0.481 e. The van der Waals surface area contributed by atoms with Crippen LogP contribution in [0.3, 0.4) is 0 Å². The molecule has 0 spiro atoms. The molecule has 0 unspecified atom stereocenters. The van der Waals surface area contributed by atoms with Crippen molar-refractivity contribution in [3.05, 3.63) is 60.2 Å². The van der Waals surface area contributed by atoms with Gasteiger partial charge in [-0.05, 0) is 37.1 Å². The van der Waals surface area contributed by atoms with Crippen LogP contribution in [0.4, 0.5) is 0 Å². The van der Waals surface area contributed by atoms with Crippen LogP contribution in [0.5, 0.6) is 0 Å². The second kappa shape index (κ2) is 6.28. The van der Waals surface area contributed by atoms with Crippen molar-refractivity contribution in [2.75, 3.05) is 0 Å². The molecule has 0 radical (unpaired) electrons. The number of benzene rings is 2. The fraction of sp³-hybridized carbons (Fsp3) is 0.211. The molecular formula is C19H18O2. The standard InChI is InChI=1S/C19H18O2/c1-19(2,14-18(20)21)13-12-15-8-10-17(11-9-15)16-6-4-3-5-7-16/h3-11H,14H2,1-2H3,(H,20,21).